The minimum Gasteiger partial charge on any atom is -0.497 e. The van der Waals surface area contributed by atoms with Crippen molar-refractivity contribution in [3.05, 3.63) is 29.8 Å². The van der Waals surface area contributed by atoms with E-state index in [4.69, 9.17) is 9.84 Å². The van der Waals surface area contributed by atoms with Crippen LogP contribution in [0.25, 0.3) is 0 Å². The van der Waals surface area contributed by atoms with Gasteiger partial charge in [-0.1, -0.05) is 19.1 Å². The quantitative estimate of drug-likeness (QED) is 0.855. The van der Waals surface area contributed by atoms with Gasteiger partial charge in [-0.25, -0.2) is 12.7 Å². The number of benzene rings is 1. The van der Waals surface area contributed by atoms with Crippen molar-refractivity contribution in [2.24, 2.45) is 11.8 Å². The highest BCUT2D eigenvalue weighted by molar-refractivity contribution is 7.88. The molecule has 1 heterocycles. The first-order chi connectivity index (χ1) is 10.8. The first-order valence-electron chi connectivity index (χ1n) is 7.67. The summed E-state index contributed by atoms with van der Waals surface area (Å²) in [7, 11) is -1.86. The monoisotopic (exact) mass is 341 g/mol. The molecule has 128 valence electrons. The molecule has 0 spiro atoms. The fraction of sp³-hybridized carbons (Fsp3) is 0.562. The first kappa shape index (κ1) is 17.7. The predicted octanol–water partition coefficient (Wildman–Crippen LogP) is 1.96. The van der Waals surface area contributed by atoms with E-state index in [0.717, 1.165) is 0 Å². The van der Waals surface area contributed by atoms with E-state index in [-0.39, 0.29) is 11.7 Å². The van der Waals surface area contributed by atoms with Crippen LogP contribution in [0.5, 0.6) is 5.75 Å². The van der Waals surface area contributed by atoms with E-state index in [1.54, 1.807) is 38.3 Å². The van der Waals surface area contributed by atoms with Gasteiger partial charge in [-0.2, -0.15) is 0 Å². The Labute approximate surface area is 137 Å². The van der Waals surface area contributed by atoms with Crippen molar-refractivity contribution in [2.45, 2.75) is 25.5 Å². The van der Waals surface area contributed by atoms with Crippen molar-refractivity contribution in [2.75, 3.05) is 20.2 Å². The largest absolute Gasteiger partial charge is 0.497 e. The Morgan fingerprint density at radius 3 is 2.61 bits per heavy atom. The van der Waals surface area contributed by atoms with Crippen molar-refractivity contribution in [1.29, 1.82) is 0 Å². The maximum atomic E-state index is 12.5. The van der Waals surface area contributed by atoms with Crippen LogP contribution in [-0.2, 0) is 20.6 Å². The Bertz CT molecular complexity index is 650. The number of hydrogen-bond acceptors (Lipinski definition) is 4. The van der Waals surface area contributed by atoms with E-state index in [9.17, 15) is 13.2 Å². The molecule has 0 bridgehead atoms. The maximum absolute atomic E-state index is 12.5. The van der Waals surface area contributed by atoms with Crippen LogP contribution in [-0.4, -0.2) is 44.0 Å². The smallest absolute Gasteiger partial charge is 0.306 e. The van der Waals surface area contributed by atoms with Crippen molar-refractivity contribution in [3.63, 3.8) is 0 Å². The van der Waals surface area contributed by atoms with Gasteiger partial charge in [-0.05, 0) is 36.5 Å². The zero-order chi connectivity index (χ0) is 17.0. The van der Waals surface area contributed by atoms with Crippen LogP contribution in [0.3, 0.4) is 0 Å². The number of aliphatic carboxylic acids is 1. The van der Waals surface area contributed by atoms with Crippen LogP contribution in [0.15, 0.2) is 24.3 Å². The lowest BCUT2D eigenvalue weighted by atomic mass is 9.86. The van der Waals surface area contributed by atoms with E-state index in [1.165, 1.54) is 4.31 Å². The Hall–Kier alpha value is -1.60. The topological polar surface area (TPSA) is 83.9 Å². The molecule has 6 nitrogen and oxygen atoms in total. The van der Waals surface area contributed by atoms with Crippen LogP contribution < -0.4 is 4.74 Å². The highest BCUT2D eigenvalue weighted by Gasteiger charge is 2.32. The number of methoxy groups -OCH3 is 1. The Kier molecular flexibility index (Phi) is 5.64. The van der Waals surface area contributed by atoms with Crippen molar-refractivity contribution in [3.8, 4) is 5.75 Å². The lowest BCUT2D eigenvalue weighted by Gasteiger charge is -2.32. The number of carbonyl (C=O) groups is 1. The second-order valence-corrected chi connectivity index (χ2v) is 7.94. The van der Waals surface area contributed by atoms with E-state index in [0.29, 0.717) is 37.2 Å². The minimum absolute atomic E-state index is 0.0377. The molecule has 1 atom stereocenters. The standard InChI is InChI=1S/C16H23NO5S/c1-12(16(18)19)14-6-8-17(9-7-14)23(20,21)11-13-4-3-5-15(10-13)22-2/h3-5,10,12,14H,6-9,11H2,1-2H3,(H,18,19). The van der Waals surface area contributed by atoms with Gasteiger partial charge in [0.1, 0.15) is 5.75 Å². The molecule has 0 radical (unpaired) electrons. The van der Waals surface area contributed by atoms with Gasteiger partial charge >= 0.3 is 5.97 Å². The molecule has 1 unspecified atom stereocenters. The molecule has 1 aliphatic rings. The number of hydrogen-bond donors (Lipinski definition) is 1. The minimum atomic E-state index is -3.40. The summed E-state index contributed by atoms with van der Waals surface area (Å²) in [6, 6.07) is 7.02. The summed E-state index contributed by atoms with van der Waals surface area (Å²) in [5.41, 5.74) is 0.686. The summed E-state index contributed by atoms with van der Waals surface area (Å²) < 4.78 is 31.7. The molecular weight excluding hydrogens is 318 g/mol. The Balaban J connectivity index is 2.00. The lowest BCUT2D eigenvalue weighted by Crippen LogP contribution is -2.41. The molecule has 1 fully saturated rings. The maximum Gasteiger partial charge on any atom is 0.306 e. The van der Waals surface area contributed by atoms with Gasteiger partial charge in [0.25, 0.3) is 0 Å². The SMILES string of the molecule is COc1cccc(CS(=O)(=O)N2CCC(C(C)C(=O)O)CC2)c1. The number of carboxylic acids is 1. The highest BCUT2D eigenvalue weighted by atomic mass is 32.2. The molecule has 0 saturated carbocycles. The molecule has 7 heteroatoms. The van der Waals surface area contributed by atoms with Gasteiger partial charge < -0.3 is 9.84 Å². The van der Waals surface area contributed by atoms with Gasteiger partial charge in [-0.3, -0.25) is 4.79 Å². The molecule has 2 rings (SSSR count). The fourth-order valence-corrected chi connectivity index (χ4v) is 4.47. The highest BCUT2D eigenvalue weighted by Crippen LogP contribution is 2.27. The third-order valence-electron chi connectivity index (χ3n) is 4.47. The van der Waals surface area contributed by atoms with Crippen LogP contribution >= 0.6 is 0 Å². The molecule has 1 aromatic carbocycles. The molecule has 0 amide bonds. The zero-order valence-electron chi connectivity index (χ0n) is 13.4. The number of sulfonamides is 1. The molecule has 1 aromatic rings. The predicted molar refractivity (Wildman–Crippen MR) is 86.7 cm³/mol. The van der Waals surface area contributed by atoms with Gasteiger partial charge in [0.2, 0.25) is 10.0 Å². The molecule has 0 aliphatic carbocycles. The normalized spacial score (nSPS) is 18.5. The Morgan fingerprint density at radius 2 is 2.04 bits per heavy atom. The number of nitrogens with zero attached hydrogens (tertiary/aromatic N) is 1. The van der Waals surface area contributed by atoms with Crippen LogP contribution in [0.1, 0.15) is 25.3 Å². The van der Waals surface area contributed by atoms with Crippen molar-refractivity contribution in [1.82, 2.24) is 4.31 Å². The van der Waals surface area contributed by atoms with Crippen LogP contribution in [0, 0.1) is 11.8 Å². The molecule has 0 aromatic heterocycles. The van der Waals surface area contributed by atoms with E-state index in [2.05, 4.69) is 0 Å². The first-order valence-corrected chi connectivity index (χ1v) is 9.28. The summed E-state index contributed by atoms with van der Waals surface area (Å²) >= 11 is 0. The molecule has 1 N–H and O–H groups in total. The second-order valence-electron chi connectivity index (χ2n) is 5.97. The lowest BCUT2D eigenvalue weighted by molar-refractivity contribution is -0.143. The molecule has 1 saturated heterocycles. The van der Waals surface area contributed by atoms with E-state index in [1.807, 2.05) is 0 Å². The summed E-state index contributed by atoms with van der Waals surface area (Å²) in [5.74, 6) is -0.646. The van der Waals surface area contributed by atoms with Gasteiger partial charge in [0.15, 0.2) is 0 Å². The zero-order valence-corrected chi connectivity index (χ0v) is 14.3. The van der Waals surface area contributed by atoms with Crippen LogP contribution in [0.2, 0.25) is 0 Å². The molecular formula is C16H23NO5S. The summed E-state index contributed by atoms with van der Waals surface area (Å²) in [4.78, 5) is 11.0. The van der Waals surface area contributed by atoms with Crippen molar-refractivity contribution < 1.29 is 23.1 Å². The third kappa shape index (κ3) is 4.45. The summed E-state index contributed by atoms with van der Waals surface area (Å²) in [5, 5.41) is 9.06. The average Bonchev–Trinajstić information content (AvgIpc) is 2.54. The van der Waals surface area contributed by atoms with Gasteiger partial charge in [-0.15, -0.1) is 0 Å². The second kappa shape index (κ2) is 7.31. The average molecular weight is 341 g/mol. The Morgan fingerprint density at radius 1 is 1.39 bits per heavy atom. The van der Waals surface area contributed by atoms with Gasteiger partial charge in [0, 0.05) is 13.1 Å². The number of rotatable bonds is 6. The third-order valence-corrected chi connectivity index (χ3v) is 6.32. The van der Waals surface area contributed by atoms with E-state index >= 15 is 0 Å². The summed E-state index contributed by atoms with van der Waals surface area (Å²) in [6.07, 6.45) is 1.18. The van der Waals surface area contributed by atoms with E-state index < -0.39 is 21.9 Å². The number of piperidine rings is 1. The number of ether oxygens (including phenoxy) is 1. The fourth-order valence-electron chi connectivity index (χ4n) is 2.92. The molecule has 1 aliphatic heterocycles. The van der Waals surface area contributed by atoms with Crippen LogP contribution in [0.4, 0.5) is 0 Å². The number of carboxylic acid groups (broad SMARTS) is 1. The summed E-state index contributed by atoms with van der Waals surface area (Å²) in [6.45, 7) is 2.45. The van der Waals surface area contributed by atoms with Crippen molar-refractivity contribution >= 4 is 16.0 Å². The van der Waals surface area contributed by atoms with Gasteiger partial charge in [0.05, 0.1) is 18.8 Å². The molecule has 23 heavy (non-hydrogen) atoms.